The SMILES string of the molecule is O=C(CSc1nnc(C2CC2)n1C1CC1)N1CCSC1c1ccccc1F. The van der Waals surface area contributed by atoms with Crippen LogP contribution in [0.5, 0.6) is 0 Å². The number of carbonyl (C=O) groups excluding carboxylic acids is 1. The van der Waals surface area contributed by atoms with Crippen LogP contribution in [-0.2, 0) is 4.79 Å². The Bertz CT molecular complexity index is 865. The lowest BCUT2D eigenvalue weighted by molar-refractivity contribution is -0.128. The van der Waals surface area contributed by atoms with Crippen molar-refractivity contribution >= 4 is 29.4 Å². The molecule has 2 saturated carbocycles. The standard InChI is InChI=1S/C19H21FN4OS2/c20-15-4-2-1-3-14(15)18-23(9-10-26-18)16(25)11-27-19-22-21-17(12-5-6-12)24(19)13-7-8-13/h1-4,12-13,18H,5-11H2. The lowest BCUT2D eigenvalue weighted by Gasteiger charge is -2.24. The van der Waals surface area contributed by atoms with Gasteiger partial charge in [-0.1, -0.05) is 30.0 Å². The van der Waals surface area contributed by atoms with Gasteiger partial charge in [0.1, 0.15) is 17.0 Å². The van der Waals surface area contributed by atoms with Gasteiger partial charge in [0.2, 0.25) is 5.91 Å². The average molecular weight is 405 g/mol. The third-order valence-corrected chi connectivity index (χ3v) is 7.42. The molecular formula is C19H21FN4OS2. The first-order valence-corrected chi connectivity index (χ1v) is 11.5. The smallest absolute Gasteiger partial charge is 0.234 e. The first-order valence-electron chi connectivity index (χ1n) is 9.45. The van der Waals surface area contributed by atoms with Gasteiger partial charge in [-0.15, -0.1) is 22.0 Å². The molecule has 1 aromatic carbocycles. The number of aromatic nitrogens is 3. The fraction of sp³-hybridized carbons (Fsp3) is 0.526. The summed E-state index contributed by atoms with van der Waals surface area (Å²) in [6.07, 6.45) is 4.75. The van der Waals surface area contributed by atoms with Gasteiger partial charge in [-0.2, -0.15) is 0 Å². The van der Waals surface area contributed by atoms with Crippen LogP contribution < -0.4 is 0 Å². The Balaban J connectivity index is 1.29. The largest absolute Gasteiger partial charge is 0.325 e. The normalized spacial score (nSPS) is 22.4. The number of benzene rings is 1. The van der Waals surface area contributed by atoms with Crippen LogP contribution in [0.2, 0.25) is 0 Å². The minimum absolute atomic E-state index is 0.0385. The number of amides is 1. The van der Waals surface area contributed by atoms with Crippen LogP contribution in [0.25, 0.3) is 0 Å². The summed E-state index contributed by atoms with van der Waals surface area (Å²) in [5.41, 5.74) is 0.593. The van der Waals surface area contributed by atoms with E-state index in [2.05, 4.69) is 14.8 Å². The van der Waals surface area contributed by atoms with E-state index in [1.807, 2.05) is 6.07 Å². The van der Waals surface area contributed by atoms with Gasteiger partial charge in [-0.05, 0) is 31.7 Å². The molecule has 1 saturated heterocycles. The van der Waals surface area contributed by atoms with Gasteiger partial charge in [0.15, 0.2) is 5.16 Å². The van der Waals surface area contributed by atoms with E-state index < -0.39 is 0 Å². The summed E-state index contributed by atoms with van der Waals surface area (Å²) < 4.78 is 16.5. The van der Waals surface area contributed by atoms with Crippen molar-refractivity contribution in [1.29, 1.82) is 0 Å². The molecular weight excluding hydrogens is 383 g/mol. The minimum Gasteiger partial charge on any atom is -0.325 e. The molecule has 5 rings (SSSR count). The summed E-state index contributed by atoms with van der Waals surface area (Å²) in [4.78, 5) is 14.7. The molecule has 0 N–H and O–H groups in total. The summed E-state index contributed by atoms with van der Waals surface area (Å²) >= 11 is 3.10. The molecule has 3 fully saturated rings. The molecule has 0 radical (unpaired) electrons. The quantitative estimate of drug-likeness (QED) is 0.681. The zero-order valence-electron chi connectivity index (χ0n) is 14.9. The van der Waals surface area contributed by atoms with Gasteiger partial charge in [0.25, 0.3) is 0 Å². The van der Waals surface area contributed by atoms with Crippen LogP contribution in [0.4, 0.5) is 4.39 Å². The van der Waals surface area contributed by atoms with Crippen LogP contribution in [0, 0.1) is 5.82 Å². The minimum atomic E-state index is -0.245. The molecule has 8 heteroatoms. The highest BCUT2D eigenvalue weighted by Gasteiger charge is 2.37. The van der Waals surface area contributed by atoms with Crippen LogP contribution in [0.3, 0.4) is 0 Å². The van der Waals surface area contributed by atoms with Crippen LogP contribution >= 0.6 is 23.5 Å². The zero-order chi connectivity index (χ0) is 18.4. The molecule has 3 aliphatic rings. The van der Waals surface area contributed by atoms with Crippen LogP contribution in [0.1, 0.15) is 54.4 Å². The molecule has 1 atom stereocenters. The molecule has 2 heterocycles. The van der Waals surface area contributed by atoms with Crippen molar-refractivity contribution in [3.63, 3.8) is 0 Å². The Morgan fingerprint density at radius 1 is 1.22 bits per heavy atom. The second-order valence-electron chi connectivity index (χ2n) is 7.34. The maximum absolute atomic E-state index is 14.2. The van der Waals surface area contributed by atoms with Crippen molar-refractivity contribution in [2.75, 3.05) is 18.1 Å². The molecule has 27 heavy (non-hydrogen) atoms. The van der Waals surface area contributed by atoms with Gasteiger partial charge < -0.3 is 9.47 Å². The number of hydrogen-bond acceptors (Lipinski definition) is 5. The molecule has 1 aliphatic heterocycles. The maximum atomic E-state index is 14.2. The topological polar surface area (TPSA) is 51.0 Å². The number of hydrogen-bond donors (Lipinski definition) is 0. The van der Waals surface area contributed by atoms with Crippen molar-refractivity contribution in [1.82, 2.24) is 19.7 Å². The average Bonchev–Trinajstić information content (AvgIpc) is 3.61. The molecule has 0 spiro atoms. The van der Waals surface area contributed by atoms with Crippen molar-refractivity contribution in [3.8, 4) is 0 Å². The van der Waals surface area contributed by atoms with Crippen LogP contribution in [-0.4, -0.2) is 43.6 Å². The van der Waals surface area contributed by atoms with Gasteiger partial charge in [-0.25, -0.2) is 4.39 Å². The van der Waals surface area contributed by atoms with E-state index in [0.29, 0.717) is 29.8 Å². The lowest BCUT2D eigenvalue weighted by atomic mass is 10.2. The second kappa shape index (κ2) is 7.13. The lowest BCUT2D eigenvalue weighted by Crippen LogP contribution is -2.32. The van der Waals surface area contributed by atoms with E-state index in [1.54, 1.807) is 28.8 Å². The number of nitrogens with zero attached hydrogens (tertiary/aromatic N) is 4. The number of rotatable bonds is 6. The first-order chi connectivity index (χ1) is 13.2. The van der Waals surface area contributed by atoms with Crippen molar-refractivity contribution in [2.45, 2.75) is 48.2 Å². The number of halogens is 1. The van der Waals surface area contributed by atoms with Gasteiger partial charge in [0.05, 0.1) is 5.75 Å². The Hall–Kier alpha value is -1.54. The van der Waals surface area contributed by atoms with E-state index in [4.69, 9.17) is 0 Å². The van der Waals surface area contributed by atoms with E-state index in [9.17, 15) is 9.18 Å². The summed E-state index contributed by atoms with van der Waals surface area (Å²) in [5.74, 6) is 2.61. The van der Waals surface area contributed by atoms with Crippen LogP contribution in [0.15, 0.2) is 29.4 Å². The van der Waals surface area contributed by atoms with E-state index in [-0.39, 0.29) is 17.1 Å². The molecule has 1 aromatic heterocycles. The van der Waals surface area contributed by atoms with E-state index >= 15 is 0 Å². The summed E-state index contributed by atoms with van der Waals surface area (Å²) in [7, 11) is 0. The van der Waals surface area contributed by atoms with Gasteiger partial charge in [0, 0.05) is 29.8 Å². The molecule has 2 aliphatic carbocycles. The Morgan fingerprint density at radius 2 is 2.04 bits per heavy atom. The Morgan fingerprint density at radius 3 is 2.78 bits per heavy atom. The molecule has 1 unspecified atom stereocenters. The van der Waals surface area contributed by atoms with E-state index in [1.165, 1.54) is 43.5 Å². The highest BCUT2D eigenvalue weighted by Crippen LogP contribution is 2.46. The second-order valence-corrected chi connectivity index (χ2v) is 9.47. The van der Waals surface area contributed by atoms with Gasteiger partial charge >= 0.3 is 0 Å². The predicted molar refractivity (Wildman–Crippen MR) is 104 cm³/mol. The predicted octanol–water partition coefficient (Wildman–Crippen LogP) is 4.00. The zero-order valence-corrected chi connectivity index (χ0v) is 16.5. The van der Waals surface area contributed by atoms with Crippen molar-refractivity contribution in [2.24, 2.45) is 0 Å². The summed E-state index contributed by atoms with van der Waals surface area (Å²) in [6.45, 7) is 0.658. The summed E-state index contributed by atoms with van der Waals surface area (Å²) in [6, 6.07) is 7.26. The maximum Gasteiger partial charge on any atom is 0.234 e. The van der Waals surface area contributed by atoms with E-state index in [0.717, 1.165) is 16.7 Å². The summed E-state index contributed by atoms with van der Waals surface area (Å²) in [5, 5.41) is 9.40. The third kappa shape index (κ3) is 3.49. The fourth-order valence-corrected chi connectivity index (χ4v) is 5.75. The van der Waals surface area contributed by atoms with Crippen molar-refractivity contribution in [3.05, 3.63) is 41.5 Å². The molecule has 5 nitrogen and oxygen atoms in total. The Labute approximate surface area is 166 Å². The van der Waals surface area contributed by atoms with Crippen molar-refractivity contribution < 1.29 is 9.18 Å². The third-order valence-electron chi connectivity index (χ3n) is 5.25. The van der Waals surface area contributed by atoms with Gasteiger partial charge in [-0.3, -0.25) is 4.79 Å². The molecule has 1 amide bonds. The Kier molecular flexibility index (Phi) is 4.63. The number of thioether (sulfide) groups is 2. The fourth-order valence-electron chi connectivity index (χ4n) is 3.55. The first kappa shape index (κ1) is 17.6. The molecule has 0 bridgehead atoms. The highest BCUT2D eigenvalue weighted by atomic mass is 32.2. The monoisotopic (exact) mass is 404 g/mol. The highest BCUT2D eigenvalue weighted by molar-refractivity contribution is 8.00. The molecule has 2 aromatic rings. The molecule has 142 valence electrons. The number of carbonyl (C=O) groups is 1.